The zero-order valence-electron chi connectivity index (χ0n) is 10.9. The highest BCUT2D eigenvalue weighted by Crippen LogP contribution is 2.23. The summed E-state index contributed by atoms with van der Waals surface area (Å²) in [4.78, 5) is 12.1. The van der Waals surface area contributed by atoms with Crippen LogP contribution >= 0.6 is 15.9 Å². The molecule has 1 amide bonds. The number of phenolic OH excluding ortho intramolecular Hbond substituents is 1. The summed E-state index contributed by atoms with van der Waals surface area (Å²) in [7, 11) is 0. The number of hydrogen-bond donors (Lipinski definition) is 3. The van der Waals surface area contributed by atoms with E-state index in [1.54, 1.807) is 30.3 Å². The van der Waals surface area contributed by atoms with Crippen LogP contribution in [0.4, 0.5) is 5.69 Å². The number of carbonyl (C=O) groups excluding carboxylic acids is 1. The van der Waals surface area contributed by atoms with E-state index in [0.29, 0.717) is 10.2 Å². The van der Waals surface area contributed by atoms with E-state index >= 15 is 0 Å². The van der Waals surface area contributed by atoms with E-state index < -0.39 is 5.91 Å². The maximum atomic E-state index is 12.1. The maximum Gasteiger partial charge on any atom is 0.259 e. The molecule has 2 rings (SSSR count). The monoisotopic (exact) mass is 345 g/mol. The molecule has 3 N–H and O–H groups in total. The molecule has 106 valence electrons. The van der Waals surface area contributed by atoms with Crippen LogP contribution in [0.25, 0.3) is 0 Å². The van der Waals surface area contributed by atoms with Crippen LogP contribution in [0.15, 0.2) is 46.9 Å². The summed E-state index contributed by atoms with van der Waals surface area (Å²) in [6.07, 6.45) is 0. The molecule has 5 heteroatoms. The lowest BCUT2D eigenvalue weighted by atomic mass is 10.1. The molecule has 0 unspecified atom stereocenters. The van der Waals surface area contributed by atoms with Crippen LogP contribution in [0.1, 0.15) is 15.9 Å². The van der Waals surface area contributed by atoms with Crippen LogP contribution in [0, 0.1) is 11.8 Å². The van der Waals surface area contributed by atoms with Crippen molar-refractivity contribution in [1.82, 2.24) is 0 Å². The van der Waals surface area contributed by atoms with E-state index in [0.717, 1.165) is 5.56 Å². The number of halogens is 1. The number of benzene rings is 2. The van der Waals surface area contributed by atoms with Gasteiger partial charge in [0.1, 0.15) is 12.4 Å². The van der Waals surface area contributed by atoms with Crippen molar-refractivity contribution in [3.8, 4) is 17.6 Å². The highest BCUT2D eigenvalue weighted by Gasteiger charge is 2.11. The average molecular weight is 346 g/mol. The molecule has 0 radical (unpaired) electrons. The fraction of sp³-hybridized carbons (Fsp3) is 0.0625. The van der Waals surface area contributed by atoms with Gasteiger partial charge >= 0.3 is 0 Å². The molecule has 0 fully saturated rings. The third-order valence-electron chi connectivity index (χ3n) is 2.66. The first-order valence-electron chi connectivity index (χ1n) is 6.10. The summed E-state index contributed by atoms with van der Waals surface area (Å²) in [5, 5.41) is 21.1. The Morgan fingerprint density at radius 2 is 1.90 bits per heavy atom. The van der Waals surface area contributed by atoms with Gasteiger partial charge in [0.05, 0.1) is 5.56 Å². The molecule has 0 aliphatic carbocycles. The number of aliphatic hydroxyl groups excluding tert-OH is 1. The number of aromatic hydroxyl groups is 1. The largest absolute Gasteiger partial charge is 0.507 e. The highest BCUT2D eigenvalue weighted by molar-refractivity contribution is 9.10. The molecule has 0 atom stereocenters. The van der Waals surface area contributed by atoms with Gasteiger partial charge in [-0.15, -0.1) is 0 Å². The van der Waals surface area contributed by atoms with Gasteiger partial charge in [-0.25, -0.2) is 0 Å². The quantitative estimate of drug-likeness (QED) is 0.733. The van der Waals surface area contributed by atoms with E-state index in [1.807, 2.05) is 0 Å². The van der Waals surface area contributed by atoms with E-state index in [2.05, 4.69) is 33.1 Å². The Kier molecular flexibility index (Phi) is 4.99. The molecular formula is C16H12BrNO3. The predicted octanol–water partition coefficient (Wildman–Crippen LogP) is 2.75. The van der Waals surface area contributed by atoms with Crippen molar-refractivity contribution in [2.24, 2.45) is 0 Å². The number of rotatable bonds is 2. The number of phenols is 1. The Morgan fingerprint density at radius 1 is 1.19 bits per heavy atom. The van der Waals surface area contributed by atoms with Crippen molar-refractivity contribution in [3.63, 3.8) is 0 Å². The SMILES string of the molecule is O=C(Nc1ccc(C#CCO)cc1)c1ccc(Br)cc1O. The summed E-state index contributed by atoms with van der Waals surface area (Å²) < 4.78 is 0.698. The van der Waals surface area contributed by atoms with Gasteiger partial charge in [0, 0.05) is 15.7 Å². The van der Waals surface area contributed by atoms with Gasteiger partial charge in [-0.05, 0) is 42.5 Å². The minimum absolute atomic E-state index is 0.0905. The van der Waals surface area contributed by atoms with Gasteiger partial charge in [-0.3, -0.25) is 4.79 Å². The summed E-state index contributed by atoms with van der Waals surface area (Å²) in [5.41, 5.74) is 1.53. The Balaban J connectivity index is 2.12. The molecule has 0 aliphatic heterocycles. The highest BCUT2D eigenvalue weighted by atomic mass is 79.9. The van der Waals surface area contributed by atoms with Crippen LogP contribution in [-0.4, -0.2) is 22.7 Å². The molecular weight excluding hydrogens is 334 g/mol. The number of anilines is 1. The molecule has 4 nitrogen and oxygen atoms in total. The molecule has 0 saturated carbocycles. The minimum atomic E-state index is -0.394. The number of aliphatic hydroxyl groups is 1. The first-order valence-corrected chi connectivity index (χ1v) is 6.89. The summed E-state index contributed by atoms with van der Waals surface area (Å²) in [5.74, 6) is 4.82. The van der Waals surface area contributed by atoms with Gasteiger partial charge in [0.2, 0.25) is 0 Å². The third kappa shape index (κ3) is 4.09. The normalized spacial score (nSPS) is 9.62. The summed E-state index contributed by atoms with van der Waals surface area (Å²) in [6, 6.07) is 11.6. The Hall–Kier alpha value is -2.29. The average Bonchev–Trinajstić information content (AvgIpc) is 2.46. The zero-order valence-corrected chi connectivity index (χ0v) is 12.5. The van der Waals surface area contributed by atoms with Crippen molar-refractivity contribution in [2.75, 3.05) is 11.9 Å². The molecule has 21 heavy (non-hydrogen) atoms. The zero-order chi connectivity index (χ0) is 15.2. The fourth-order valence-corrected chi connectivity index (χ4v) is 2.02. The molecule has 0 aliphatic rings. The van der Waals surface area contributed by atoms with Gasteiger partial charge in [0.15, 0.2) is 0 Å². The summed E-state index contributed by atoms with van der Waals surface area (Å²) >= 11 is 3.22. The first-order chi connectivity index (χ1) is 10.1. The molecule has 2 aromatic rings. The first kappa shape index (κ1) is 15.1. The second-order valence-electron chi connectivity index (χ2n) is 4.15. The van der Waals surface area contributed by atoms with Crippen molar-refractivity contribution >= 4 is 27.5 Å². The molecule has 0 bridgehead atoms. The van der Waals surface area contributed by atoms with E-state index in [4.69, 9.17) is 5.11 Å². The predicted molar refractivity (Wildman–Crippen MR) is 84.2 cm³/mol. The number of hydrogen-bond acceptors (Lipinski definition) is 3. The Labute approximate surface area is 130 Å². The van der Waals surface area contributed by atoms with Gasteiger partial charge in [-0.2, -0.15) is 0 Å². The lowest BCUT2D eigenvalue weighted by molar-refractivity contribution is 0.102. The van der Waals surface area contributed by atoms with Gasteiger partial charge < -0.3 is 15.5 Å². The van der Waals surface area contributed by atoms with Gasteiger partial charge in [0.25, 0.3) is 5.91 Å². The molecule has 2 aromatic carbocycles. The van der Waals surface area contributed by atoms with E-state index in [1.165, 1.54) is 12.1 Å². The molecule has 0 spiro atoms. The van der Waals surface area contributed by atoms with Crippen molar-refractivity contribution in [2.45, 2.75) is 0 Å². The second kappa shape index (κ2) is 6.93. The molecule has 0 aromatic heterocycles. The molecule has 0 saturated heterocycles. The molecule has 0 heterocycles. The third-order valence-corrected chi connectivity index (χ3v) is 3.15. The van der Waals surface area contributed by atoms with Crippen molar-refractivity contribution < 1.29 is 15.0 Å². The Morgan fingerprint density at radius 3 is 2.52 bits per heavy atom. The number of nitrogens with one attached hydrogen (secondary N) is 1. The van der Waals surface area contributed by atoms with Crippen LogP contribution in [0.3, 0.4) is 0 Å². The second-order valence-corrected chi connectivity index (χ2v) is 5.07. The minimum Gasteiger partial charge on any atom is -0.507 e. The van der Waals surface area contributed by atoms with Crippen LogP contribution in [-0.2, 0) is 0 Å². The smallest absolute Gasteiger partial charge is 0.259 e. The standard InChI is InChI=1S/C16H12BrNO3/c17-12-5-8-14(15(20)10-12)16(21)18-13-6-3-11(4-7-13)2-1-9-19/h3-8,10,19-20H,9H2,(H,18,21). The van der Waals surface area contributed by atoms with Crippen LogP contribution < -0.4 is 5.32 Å². The topological polar surface area (TPSA) is 69.6 Å². The van der Waals surface area contributed by atoms with Crippen molar-refractivity contribution in [3.05, 3.63) is 58.1 Å². The van der Waals surface area contributed by atoms with Crippen LogP contribution in [0.2, 0.25) is 0 Å². The van der Waals surface area contributed by atoms with Crippen LogP contribution in [0.5, 0.6) is 5.75 Å². The van der Waals surface area contributed by atoms with E-state index in [-0.39, 0.29) is 17.9 Å². The summed E-state index contributed by atoms with van der Waals surface area (Å²) in [6.45, 7) is -0.193. The fourth-order valence-electron chi connectivity index (χ4n) is 1.67. The maximum absolute atomic E-state index is 12.1. The van der Waals surface area contributed by atoms with Crippen molar-refractivity contribution in [1.29, 1.82) is 0 Å². The van der Waals surface area contributed by atoms with E-state index in [9.17, 15) is 9.90 Å². The Bertz CT molecular complexity index is 715. The number of carbonyl (C=O) groups is 1. The van der Waals surface area contributed by atoms with Gasteiger partial charge in [-0.1, -0.05) is 27.8 Å². The lowest BCUT2D eigenvalue weighted by Gasteiger charge is -2.07. The number of amides is 1. The lowest BCUT2D eigenvalue weighted by Crippen LogP contribution is -2.11.